The molecule has 2 aromatic carbocycles. The molecular formula is C19H22N2O2S. The summed E-state index contributed by atoms with van der Waals surface area (Å²) in [5.74, 6) is 0.273. The van der Waals surface area contributed by atoms with Gasteiger partial charge in [-0.2, -0.15) is 0 Å². The SMILES string of the molecule is CCCOc1ccccc1C(=O)NC(=S)Nc1ccc(C)cc1C. The Balaban J connectivity index is 2.05. The van der Waals surface area contributed by atoms with Crippen molar-refractivity contribution < 1.29 is 9.53 Å². The van der Waals surface area contributed by atoms with Crippen molar-refractivity contribution in [2.75, 3.05) is 11.9 Å². The van der Waals surface area contributed by atoms with Crippen molar-refractivity contribution in [1.82, 2.24) is 5.32 Å². The van der Waals surface area contributed by atoms with Crippen LogP contribution in [0.15, 0.2) is 42.5 Å². The van der Waals surface area contributed by atoms with Gasteiger partial charge in [0, 0.05) is 5.69 Å². The second kappa shape index (κ2) is 8.45. The summed E-state index contributed by atoms with van der Waals surface area (Å²) in [5.41, 5.74) is 3.59. The topological polar surface area (TPSA) is 50.4 Å². The summed E-state index contributed by atoms with van der Waals surface area (Å²) in [7, 11) is 0. The highest BCUT2D eigenvalue weighted by molar-refractivity contribution is 7.80. The molecule has 126 valence electrons. The average molecular weight is 342 g/mol. The molecule has 0 aromatic heterocycles. The lowest BCUT2D eigenvalue weighted by atomic mass is 10.1. The Morgan fingerprint density at radius 1 is 1.17 bits per heavy atom. The number of hydrogen-bond donors (Lipinski definition) is 2. The standard InChI is InChI=1S/C19H22N2O2S/c1-4-11-23-17-8-6-5-7-15(17)18(22)21-19(24)20-16-10-9-13(2)12-14(16)3/h5-10,12H,4,11H2,1-3H3,(H2,20,21,22,24). The second-order valence-corrected chi connectivity index (χ2v) is 5.98. The quantitative estimate of drug-likeness (QED) is 0.799. The first-order valence-corrected chi connectivity index (χ1v) is 8.33. The van der Waals surface area contributed by atoms with Crippen molar-refractivity contribution in [3.63, 3.8) is 0 Å². The lowest BCUT2D eigenvalue weighted by molar-refractivity contribution is 0.0973. The Kier molecular flexibility index (Phi) is 6.32. The van der Waals surface area contributed by atoms with E-state index in [2.05, 4.69) is 16.7 Å². The number of carbonyl (C=O) groups is 1. The van der Waals surface area contributed by atoms with Gasteiger partial charge in [0.2, 0.25) is 0 Å². The number of benzene rings is 2. The molecule has 5 heteroatoms. The number of anilines is 1. The molecule has 0 saturated heterocycles. The molecule has 24 heavy (non-hydrogen) atoms. The summed E-state index contributed by atoms with van der Waals surface area (Å²) < 4.78 is 5.62. The van der Waals surface area contributed by atoms with E-state index in [9.17, 15) is 4.79 Å². The van der Waals surface area contributed by atoms with Crippen molar-refractivity contribution in [2.24, 2.45) is 0 Å². The molecule has 0 fully saturated rings. The normalized spacial score (nSPS) is 10.1. The summed E-state index contributed by atoms with van der Waals surface area (Å²) >= 11 is 5.25. The van der Waals surface area contributed by atoms with Gasteiger partial charge in [-0.25, -0.2) is 0 Å². The molecule has 0 saturated carbocycles. The van der Waals surface area contributed by atoms with Gasteiger partial charge in [-0.3, -0.25) is 10.1 Å². The molecule has 0 atom stereocenters. The van der Waals surface area contributed by atoms with Gasteiger partial charge in [0.25, 0.3) is 5.91 Å². The zero-order valence-electron chi connectivity index (χ0n) is 14.2. The molecule has 0 unspecified atom stereocenters. The van der Waals surface area contributed by atoms with Crippen LogP contribution in [0.4, 0.5) is 5.69 Å². The Hall–Kier alpha value is -2.40. The minimum atomic E-state index is -0.288. The first-order chi connectivity index (χ1) is 11.5. The fourth-order valence-electron chi connectivity index (χ4n) is 2.27. The molecule has 0 radical (unpaired) electrons. The molecule has 1 amide bonds. The van der Waals surface area contributed by atoms with E-state index < -0.39 is 0 Å². The fraction of sp³-hybridized carbons (Fsp3) is 0.263. The summed E-state index contributed by atoms with van der Waals surface area (Å²) in [4.78, 5) is 12.4. The van der Waals surface area contributed by atoms with Crippen LogP contribution >= 0.6 is 12.2 Å². The van der Waals surface area contributed by atoms with Crippen molar-refractivity contribution >= 4 is 28.9 Å². The number of hydrogen-bond acceptors (Lipinski definition) is 3. The zero-order valence-corrected chi connectivity index (χ0v) is 15.0. The average Bonchev–Trinajstić information content (AvgIpc) is 2.55. The number of carbonyl (C=O) groups excluding carboxylic acids is 1. The third-order valence-corrected chi connectivity index (χ3v) is 3.65. The Bertz CT molecular complexity index is 744. The van der Waals surface area contributed by atoms with Crippen LogP contribution in [0.3, 0.4) is 0 Å². The van der Waals surface area contributed by atoms with Gasteiger partial charge in [0.1, 0.15) is 5.75 Å². The van der Waals surface area contributed by atoms with Gasteiger partial charge < -0.3 is 10.1 Å². The Morgan fingerprint density at radius 3 is 2.62 bits per heavy atom. The van der Waals surface area contributed by atoms with Crippen LogP contribution in [0.25, 0.3) is 0 Å². The molecule has 4 nitrogen and oxygen atoms in total. The van der Waals surface area contributed by atoms with Crippen LogP contribution in [0.2, 0.25) is 0 Å². The van der Waals surface area contributed by atoms with Gasteiger partial charge in [-0.05, 0) is 56.2 Å². The van der Waals surface area contributed by atoms with Crippen molar-refractivity contribution in [1.29, 1.82) is 0 Å². The first kappa shape index (κ1) is 17.9. The van der Waals surface area contributed by atoms with Crippen LogP contribution in [0, 0.1) is 13.8 Å². The Morgan fingerprint density at radius 2 is 1.92 bits per heavy atom. The predicted octanol–water partition coefficient (Wildman–Crippen LogP) is 4.22. The van der Waals surface area contributed by atoms with Crippen LogP contribution in [0.1, 0.15) is 34.8 Å². The maximum absolute atomic E-state index is 12.4. The number of thiocarbonyl (C=S) groups is 1. The van der Waals surface area contributed by atoms with E-state index in [1.807, 2.05) is 39.0 Å². The van der Waals surface area contributed by atoms with Crippen molar-refractivity contribution in [2.45, 2.75) is 27.2 Å². The molecule has 0 spiro atoms. The third kappa shape index (κ3) is 4.80. The van der Waals surface area contributed by atoms with E-state index >= 15 is 0 Å². The zero-order chi connectivity index (χ0) is 17.5. The molecule has 2 aromatic rings. The van der Waals surface area contributed by atoms with E-state index in [4.69, 9.17) is 17.0 Å². The highest BCUT2D eigenvalue weighted by atomic mass is 32.1. The molecule has 0 bridgehead atoms. The third-order valence-electron chi connectivity index (χ3n) is 3.45. The van der Waals surface area contributed by atoms with Crippen LogP contribution in [-0.2, 0) is 0 Å². The fourth-order valence-corrected chi connectivity index (χ4v) is 2.47. The molecule has 0 aliphatic heterocycles. The van der Waals surface area contributed by atoms with E-state index in [0.717, 1.165) is 17.7 Å². The monoisotopic (exact) mass is 342 g/mol. The molecule has 0 heterocycles. The van der Waals surface area contributed by atoms with Gasteiger partial charge in [-0.15, -0.1) is 0 Å². The summed E-state index contributed by atoms with van der Waals surface area (Å²) in [6.45, 7) is 6.61. The highest BCUT2D eigenvalue weighted by Gasteiger charge is 2.13. The smallest absolute Gasteiger partial charge is 0.261 e. The predicted molar refractivity (Wildman–Crippen MR) is 102 cm³/mol. The minimum Gasteiger partial charge on any atom is -0.493 e. The molecular weight excluding hydrogens is 320 g/mol. The number of amides is 1. The molecule has 2 rings (SSSR count). The van der Waals surface area contributed by atoms with Crippen molar-refractivity contribution in [3.05, 3.63) is 59.2 Å². The van der Waals surface area contributed by atoms with E-state index in [1.165, 1.54) is 5.56 Å². The summed E-state index contributed by atoms with van der Waals surface area (Å²) in [6, 6.07) is 13.1. The largest absolute Gasteiger partial charge is 0.493 e. The van der Waals surface area contributed by atoms with Gasteiger partial charge in [-0.1, -0.05) is 36.8 Å². The minimum absolute atomic E-state index is 0.261. The molecule has 0 aliphatic carbocycles. The van der Waals surface area contributed by atoms with Crippen molar-refractivity contribution in [3.8, 4) is 5.75 Å². The molecule has 0 aliphatic rings. The number of rotatable bonds is 5. The van der Waals surface area contributed by atoms with Gasteiger partial charge in [0.15, 0.2) is 5.11 Å². The maximum Gasteiger partial charge on any atom is 0.261 e. The number of ether oxygens (including phenoxy) is 1. The van der Waals surface area contributed by atoms with E-state index in [-0.39, 0.29) is 11.0 Å². The van der Waals surface area contributed by atoms with Gasteiger partial charge >= 0.3 is 0 Å². The van der Waals surface area contributed by atoms with E-state index in [1.54, 1.807) is 18.2 Å². The lowest BCUT2D eigenvalue weighted by Gasteiger charge is -2.14. The number of para-hydroxylation sites is 1. The number of nitrogens with one attached hydrogen (secondary N) is 2. The number of aryl methyl sites for hydroxylation is 2. The van der Waals surface area contributed by atoms with Crippen LogP contribution < -0.4 is 15.4 Å². The molecule has 2 N–H and O–H groups in total. The highest BCUT2D eigenvalue weighted by Crippen LogP contribution is 2.19. The van der Waals surface area contributed by atoms with Gasteiger partial charge in [0.05, 0.1) is 12.2 Å². The lowest BCUT2D eigenvalue weighted by Crippen LogP contribution is -2.34. The second-order valence-electron chi connectivity index (χ2n) is 5.57. The maximum atomic E-state index is 12.4. The van der Waals surface area contributed by atoms with E-state index in [0.29, 0.717) is 17.9 Å². The van der Waals surface area contributed by atoms with Crippen LogP contribution in [0.5, 0.6) is 5.75 Å². The first-order valence-electron chi connectivity index (χ1n) is 7.92. The summed E-state index contributed by atoms with van der Waals surface area (Å²) in [5, 5.41) is 6.03. The van der Waals surface area contributed by atoms with Crippen LogP contribution in [-0.4, -0.2) is 17.6 Å². The summed E-state index contributed by atoms with van der Waals surface area (Å²) in [6.07, 6.45) is 0.878. The Labute approximate surface area is 148 Å².